The smallest absolute Gasteiger partial charge is 0.322 e. The molecular weight excluding hydrogens is 484 g/mol. The Bertz CT molecular complexity index is 920. The molecule has 2 aromatic rings. The molecule has 2 aromatic carbocycles. The fourth-order valence-electron chi connectivity index (χ4n) is 4.74. The quantitative estimate of drug-likeness (QED) is 0.182. The number of rotatable bonds is 19. The van der Waals surface area contributed by atoms with E-state index in [1.54, 1.807) is 0 Å². The first-order chi connectivity index (χ1) is 18.8. The fraction of sp³-hybridized carbons (Fsp3) is 0.606. The number of urea groups is 1. The lowest BCUT2D eigenvalue weighted by Crippen LogP contribution is -2.52. The van der Waals surface area contributed by atoms with Crippen LogP contribution in [-0.4, -0.2) is 55.2 Å². The van der Waals surface area contributed by atoms with E-state index < -0.39 is 5.54 Å². The second-order valence-corrected chi connectivity index (χ2v) is 11.3. The maximum absolute atomic E-state index is 13.6. The van der Waals surface area contributed by atoms with Crippen LogP contribution in [0, 0.1) is 0 Å². The molecule has 0 aliphatic heterocycles. The predicted octanol–water partition coefficient (Wildman–Crippen LogP) is 7.47. The van der Waals surface area contributed by atoms with Gasteiger partial charge in [0.2, 0.25) is 0 Å². The van der Waals surface area contributed by atoms with Crippen molar-refractivity contribution >= 4 is 11.7 Å². The van der Waals surface area contributed by atoms with Crippen molar-refractivity contribution in [3.63, 3.8) is 0 Å². The van der Waals surface area contributed by atoms with Crippen molar-refractivity contribution in [3.05, 3.63) is 59.7 Å². The molecule has 0 radical (unpaired) electrons. The van der Waals surface area contributed by atoms with Crippen molar-refractivity contribution in [3.8, 4) is 5.75 Å². The van der Waals surface area contributed by atoms with Crippen LogP contribution in [0.25, 0.3) is 0 Å². The van der Waals surface area contributed by atoms with E-state index >= 15 is 0 Å². The molecule has 6 heteroatoms. The third-order valence-electron chi connectivity index (χ3n) is 7.19. The topological polar surface area (TPSA) is 70.8 Å². The zero-order valence-corrected chi connectivity index (χ0v) is 25.3. The number of carbonyl (C=O) groups is 1. The van der Waals surface area contributed by atoms with Gasteiger partial charge in [0.1, 0.15) is 5.75 Å². The highest BCUT2D eigenvalue weighted by Crippen LogP contribution is 2.23. The zero-order chi connectivity index (χ0) is 28.5. The molecule has 39 heavy (non-hydrogen) atoms. The first kappa shape index (κ1) is 32.6. The maximum Gasteiger partial charge on any atom is 0.322 e. The zero-order valence-electron chi connectivity index (χ0n) is 25.3. The Kier molecular flexibility index (Phi) is 15.0. The molecule has 2 rings (SSSR count). The molecule has 0 heterocycles. The number of unbranched alkanes of at least 4 members (excludes halogenated alkanes) is 3. The first-order valence-electron chi connectivity index (χ1n) is 15.1. The largest absolute Gasteiger partial charge is 0.494 e. The summed E-state index contributed by atoms with van der Waals surface area (Å²) >= 11 is 0. The number of nitrogens with two attached hydrogens (primary N) is 1. The second-order valence-electron chi connectivity index (χ2n) is 11.3. The van der Waals surface area contributed by atoms with Crippen molar-refractivity contribution in [1.82, 2.24) is 9.80 Å². The Balaban J connectivity index is 2.15. The molecule has 3 N–H and O–H groups in total. The normalized spacial score (nSPS) is 11.6. The van der Waals surface area contributed by atoms with Gasteiger partial charge in [-0.05, 0) is 81.6 Å². The molecule has 0 aliphatic rings. The standard InChI is InChI=1S/C33H54N4O2/c1-6-9-13-28-14-18-30(19-15-28)35-32(38)37(27-33(34,22-10-7-2)23-11-8-3)26-29-16-20-31(21-17-29)39-25-12-24-36(4)5/h14-21H,6-13,22-27,34H2,1-5H3,(H,35,38). The minimum absolute atomic E-state index is 0.108. The Labute approximate surface area is 238 Å². The van der Waals surface area contributed by atoms with E-state index in [0.29, 0.717) is 19.7 Å². The molecule has 6 nitrogen and oxygen atoms in total. The van der Waals surface area contributed by atoms with Gasteiger partial charge in [-0.25, -0.2) is 4.79 Å². The van der Waals surface area contributed by atoms with E-state index in [0.717, 1.165) is 74.9 Å². The maximum atomic E-state index is 13.6. The minimum atomic E-state index is -0.400. The molecule has 218 valence electrons. The van der Waals surface area contributed by atoms with Crippen LogP contribution in [0.4, 0.5) is 10.5 Å². The number of nitrogens with zero attached hydrogens (tertiary/aromatic N) is 2. The molecule has 0 atom stereocenters. The number of anilines is 1. The van der Waals surface area contributed by atoms with Gasteiger partial charge in [0, 0.05) is 30.9 Å². The molecule has 0 spiro atoms. The lowest BCUT2D eigenvalue weighted by molar-refractivity contribution is 0.180. The number of aryl methyl sites for hydroxylation is 1. The third-order valence-corrected chi connectivity index (χ3v) is 7.19. The van der Waals surface area contributed by atoms with Crippen molar-refractivity contribution in [2.45, 2.75) is 97.1 Å². The van der Waals surface area contributed by atoms with Crippen LogP contribution in [0.15, 0.2) is 48.5 Å². The SMILES string of the molecule is CCCCc1ccc(NC(=O)N(Cc2ccc(OCCCN(C)C)cc2)CC(N)(CCCC)CCCC)cc1. The van der Waals surface area contributed by atoms with Gasteiger partial charge in [0.25, 0.3) is 0 Å². The van der Waals surface area contributed by atoms with Crippen LogP contribution in [0.1, 0.15) is 89.7 Å². The summed E-state index contributed by atoms with van der Waals surface area (Å²) in [6.45, 7) is 9.30. The van der Waals surface area contributed by atoms with Crippen LogP contribution in [0.2, 0.25) is 0 Å². The van der Waals surface area contributed by atoms with Crippen LogP contribution in [0.5, 0.6) is 5.75 Å². The fourth-order valence-corrected chi connectivity index (χ4v) is 4.74. The van der Waals surface area contributed by atoms with Gasteiger partial charge in [-0.1, -0.05) is 77.1 Å². The first-order valence-corrected chi connectivity index (χ1v) is 15.1. The number of nitrogens with one attached hydrogen (secondary N) is 1. The molecule has 0 aromatic heterocycles. The minimum Gasteiger partial charge on any atom is -0.494 e. The van der Waals surface area contributed by atoms with E-state index in [-0.39, 0.29) is 6.03 Å². The Morgan fingerprint density at radius 2 is 1.44 bits per heavy atom. The Morgan fingerprint density at radius 3 is 2.00 bits per heavy atom. The highest BCUT2D eigenvalue weighted by molar-refractivity contribution is 5.89. The van der Waals surface area contributed by atoms with Crippen LogP contribution < -0.4 is 15.8 Å². The molecule has 0 aliphatic carbocycles. The molecule has 0 fully saturated rings. The monoisotopic (exact) mass is 538 g/mol. The second kappa shape index (κ2) is 17.9. The van der Waals surface area contributed by atoms with E-state index in [9.17, 15) is 4.79 Å². The molecule has 2 amide bonds. The van der Waals surface area contributed by atoms with Gasteiger partial charge in [0.15, 0.2) is 0 Å². The third kappa shape index (κ3) is 12.9. The van der Waals surface area contributed by atoms with Crippen molar-refractivity contribution in [2.75, 3.05) is 39.1 Å². The van der Waals surface area contributed by atoms with Gasteiger partial charge in [-0.2, -0.15) is 0 Å². The Morgan fingerprint density at radius 1 is 0.846 bits per heavy atom. The number of hydrogen-bond acceptors (Lipinski definition) is 4. The highest BCUT2D eigenvalue weighted by Gasteiger charge is 2.29. The molecular formula is C33H54N4O2. The summed E-state index contributed by atoms with van der Waals surface area (Å²) in [5, 5.41) is 3.14. The van der Waals surface area contributed by atoms with Gasteiger partial charge < -0.3 is 25.6 Å². The van der Waals surface area contributed by atoms with E-state index in [2.05, 4.69) is 69.3 Å². The average Bonchev–Trinajstić information content (AvgIpc) is 2.93. The highest BCUT2D eigenvalue weighted by atomic mass is 16.5. The van der Waals surface area contributed by atoms with E-state index in [1.807, 2.05) is 29.2 Å². The summed E-state index contributed by atoms with van der Waals surface area (Å²) < 4.78 is 5.91. The van der Waals surface area contributed by atoms with Crippen molar-refractivity contribution in [1.29, 1.82) is 0 Å². The van der Waals surface area contributed by atoms with Crippen molar-refractivity contribution < 1.29 is 9.53 Å². The lowest BCUT2D eigenvalue weighted by Gasteiger charge is -2.36. The number of amides is 2. The summed E-state index contributed by atoms with van der Waals surface area (Å²) in [7, 11) is 4.14. The lowest BCUT2D eigenvalue weighted by atomic mass is 9.87. The van der Waals surface area contributed by atoms with Gasteiger partial charge in [-0.15, -0.1) is 0 Å². The molecule has 0 saturated heterocycles. The summed E-state index contributed by atoms with van der Waals surface area (Å²) in [6.07, 6.45) is 10.5. The summed E-state index contributed by atoms with van der Waals surface area (Å²) in [4.78, 5) is 17.7. The van der Waals surface area contributed by atoms with Crippen molar-refractivity contribution in [2.24, 2.45) is 5.73 Å². The number of benzene rings is 2. The van der Waals surface area contributed by atoms with Gasteiger partial charge in [0.05, 0.1) is 6.61 Å². The van der Waals surface area contributed by atoms with Crippen LogP contribution >= 0.6 is 0 Å². The summed E-state index contributed by atoms with van der Waals surface area (Å²) in [6, 6.07) is 16.2. The average molecular weight is 539 g/mol. The number of ether oxygens (including phenoxy) is 1. The molecule has 0 bridgehead atoms. The van der Waals surface area contributed by atoms with E-state index in [4.69, 9.17) is 10.5 Å². The van der Waals surface area contributed by atoms with E-state index in [1.165, 1.54) is 18.4 Å². The summed E-state index contributed by atoms with van der Waals surface area (Å²) in [5.41, 5.74) is 9.77. The molecule has 0 unspecified atom stereocenters. The van der Waals surface area contributed by atoms with Crippen LogP contribution in [-0.2, 0) is 13.0 Å². The number of carbonyl (C=O) groups excluding carboxylic acids is 1. The summed E-state index contributed by atoms with van der Waals surface area (Å²) in [5.74, 6) is 0.857. The number of hydrogen-bond donors (Lipinski definition) is 2. The predicted molar refractivity (Wildman–Crippen MR) is 166 cm³/mol. The molecule has 0 saturated carbocycles. The Hall–Kier alpha value is -2.57. The van der Waals surface area contributed by atoms with Crippen LogP contribution in [0.3, 0.4) is 0 Å². The van der Waals surface area contributed by atoms with Gasteiger partial charge in [-0.3, -0.25) is 0 Å². The van der Waals surface area contributed by atoms with Gasteiger partial charge >= 0.3 is 6.03 Å².